The van der Waals surface area contributed by atoms with Crippen LogP contribution in [-0.4, -0.2) is 28.5 Å². The average Bonchev–Trinajstić information content (AvgIpc) is 2.76. The third kappa shape index (κ3) is 4.27. The van der Waals surface area contributed by atoms with Crippen LogP contribution >= 0.6 is 0 Å². The molecule has 0 atom stereocenters. The second-order valence-corrected chi connectivity index (χ2v) is 8.05. The summed E-state index contributed by atoms with van der Waals surface area (Å²) in [5, 5.41) is 0. The lowest BCUT2D eigenvalue weighted by molar-refractivity contribution is -0.137. The number of hydrogen-bond donors (Lipinski definition) is 1. The molecule has 32 heavy (non-hydrogen) atoms. The minimum atomic E-state index is -4.41. The van der Waals surface area contributed by atoms with Crippen molar-refractivity contribution in [3.63, 3.8) is 0 Å². The fourth-order valence-electron chi connectivity index (χ4n) is 4.07. The van der Waals surface area contributed by atoms with Gasteiger partial charge in [-0.2, -0.15) is 13.2 Å². The van der Waals surface area contributed by atoms with Gasteiger partial charge in [0.25, 0.3) is 5.56 Å². The zero-order valence-electron chi connectivity index (χ0n) is 18.1. The van der Waals surface area contributed by atoms with Crippen molar-refractivity contribution in [1.82, 2.24) is 14.9 Å². The predicted octanol–water partition coefficient (Wildman–Crippen LogP) is 4.64. The number of methoxy groups -OCH3 is 1. The van der Waals surface area contributed by atoms with Gasteiger partial charge in [0.2, 0.25) is 0 Å². The van der Waals surface area contributed by atoms with Crippen LogP contribution in [0, 0.1) is 13.8 Å². The Morgan fingerprint density at radius 2 is 1.81 bits per heavy atom. The van der Waals surface area contributed by atoms with Gasteiger partial charge >= 0.3 is 6.18 Å². The van der Waals surface area contributed by atoms with Gasteiger partial charge < -0.3 is 9.72 Å². The standard InChI is InChI=1S/C24H24F3N3O2/c1-14-15(2)21(32-3)9-6-17(14)12-30-11-10-19-20(13-30)28-22(29-23(19)31)16-4-7-18(8-5-16)24(25,26)27/h4-9H,10-13H2,1-3H3,(H,28,29,31). The highest BCUT2D eigenvalue weighted by Gasteiger charge is 2.30. The van der Waals surface area contributed by atoms with E-state index in [4.69, 9.17) is 4.74 Å². The maximum absolute atomic E-state index is 12.8. The molecular weight excluding hydrogens is 419 g/mol. The van der Waals surface area contributed by atoms with E-state index in [0.29, 0.717) is 36.3 Å². The Morgan fingerprint density at radius 3 is 2.47 bits per heavy atom. The van der Waals surface area contributed by atoms with Crippen molar-refractivity contribution in [2.24, 2.45) is 0 Å². The maximum atomic E-state index is 12.8. The first-order chi connectivity index (χ1) is 15.2. The smallest absolute Gasteiger partial charge is 0.416 e. The number of benzene rings is 2. The number of alkyl halides is 3. The third-order valence-electron chi connectivity index (χ3n) is 6.10. The summed E-state index contributed by atoms with van der Waals surface area (Å²) in [5.74, 6) is 1.13. The number of aromatic nitrogens is 2. The maximum Gasteiger partial charge on any atom is 0.416 e. The molecule has 1 aliphatic heterocycles. The van der Waals surface area contributed by atoms with Crippen molar-refractivity contribution < 1.29 is 17.9 Å². The van der Waals surface area contributed by atoms with E-state index in [1.54, 1.807) is 7.11 Å². The highest BCUT2D eigenvalue weighted by molar-refractivity contribution is 5.56. The Labute approximate surface area is 183 Å². The van der Waals surface area contributed by atoms with Crippen molar-refractivity contribution in [3.8, 4) is 17.1 Å². The fourth-order valence-corrected chi connectivity index (χ4v) is 4.07. The summed E-state index contributed by atoms with van der Waals surface area (Å²) in [4.78, 5) is 22.2. The van der Waals surface area contributed by atoms with Gasteiger partial charge in [-0.15, -0.1) is 0 Å². The molecular formula is C24H24F3N3O2. The molecule has 2 heterocycles. The molecule has 1 aromatic heterocycles. The van der Waals surface area contributed by atoms with Gasteiger partial charge in [-0.3, -0.25) is 9.69 Å². The SMILES string of the molecule is COc1ccc(CN2CCc3c(nc(-c4ccc(C(F)(F)F)cc4)[nH]c3=O)C2)c(C)c1C. The van der Waals surface area contributed by atoms with Gasteiger partial charge in [0.05, 0.1) is 18.4 Å². The van der Waals surface area contributed by atoms with Crippen LogP contribution in [0.5, 0.6) is 5.75 Å². The second-order valence-electron chi connectivity index (χ2n) is 8.05. The van der Waals surface area contributed by atoms with E-state index in [1.165, 1.54) is 23.3 Å². The van der Waals surface area contributed by atoms with E-state index in [9.17, 15) is 18.0 Å². The normalized spacial score (nSPS) is 14.3. The number of fused-ring (bicyclic) bond motifs is 1. The lowest BCUT2D eigenvalue weighted by Gasteiger charge is -2.28. The van der Waals surface area contributed by atoms with Gasteiger partial charge in [0.1, 0.15) is 11.6 Å². The Bertz CT molecular complexity index is 1200. The molecule has 168 valence electrons. The minimum absolute atomic E-state index is 0.235. The van der Waals surface area contributed by atoms with Gasteiger partial charge in [0.15, 0.2) is 0 Å². The van der Waals surface area contributed by atoms with Crippen LogP contribution in [0.2, 0.25) is 0 Å². The first kappa shape index (κ1) is 22.1. The van der Waals surface area contributed by atoms with Crippen molar-refractivity contribution in [1.29, 1.82) is 0 Å². The Kier molecular flexibility index (Phi) is 5.81. The van der Waals surface area contributed by atoms with Gasteiger partial charge in [-0.1, -0.05) is 18.2 Å². The van der Waals surface area contributed by atoms with Crippen molar-refractivity contribution in [2.45, 2.75) is 39.5 Å². The number of hydrogen-bond acceptors (Lipinski definition) is 4. The van der Waals surface area contributed by atoms with Gasteiger partial charge in [0, 0.05) is 30.8 Å². The largest absolute Gasteiger partial charge is 0.496 e. The summed E-state index contributed by atoms with van der Waals surface area (Å²) in [6.07, 6.45) is -3.84. The van der Waals surface area contributed by atoms with E-state index < -0.39 is 11.7 Å². The van der Waals surface area contributed by atoms with Crippen LogP contribution < -0.4 is 10.3 Å². The van der Waals surface area contributed by atoms with Crippen molar-refractivity contribution >= 4 is 0 Å². The van der Waals surface area contributed by atoms with Gasteiger partial charge in [-0.05, 0) is 55.2 Å². The summed E-state index contributed by atoms with van der Waals surface area (Å²) in [6.45, 7) is 6.02. The summed E-state index contributed by atoms with van der Waals surface area (Å²) in [6, 6.07) is 8.66. The van der Waals surface area contributed by atoms with Crippen molar-refractivity contribution in [3.05, 3.63) is 80.3 Å². The highest BCUT2D eigenvalue weighted by Crippen LogP contribution is 2.31. The molecule has 2 aromatic carbocycles. The Hall–Kier alpha value is -3.13. The molecule has 0 radical (unpaired) electrons. The number of halogens is 3. The highest BCUT2D eigenvalue weighted by atomic mass is 19.4. The van der Waals surface area contributed by atoms with E-state index in [-0.39, 0.29) is 11.4 Å². The summed E-state index contributed by atoms with van der Waals surface area (Å²) < 4.78 is 43.9. The lowest BCUT2D eigenvalue weighted by Crippen LogP contribution is -2.35. The zero-order valence-corrected chi connectivity index (χ0v) is 18.1. The molecule has 0 saturated heterocycles. The zero-order chi connectivity index (χ0) is 23.0. The summed E-state index contributed by atoms with van der Waals surface area (Å²) in [7, 11) is 1.65. The summed E-state index contributed by atoms with van der Waals surface area (Å²) in [5.41, 5.74) is 4.22. The molecule has 1 N–H and O–H groups in total. The third-order valence-corrected chi connectivity index (χ3v) is 6.10. The first-order valence-corrected chi connectivity index (χ1v) is 10.3. The van der Waals surface area contributed by atoms with Crippen LogP contribution in [0.15, 0.2) is 41.2 Å². The molecule has 0 amide bonds. The molecule has 0 aliphatic carbocycles. The molecule has 8 heteroatoms. The number of nitrogens with one attached hydrogen (secondary N) is 1. The fraction of sp³-hybridized carbons (Fsp3) is 0.333. The molecule has 1 aliphatic rings. The quantitative estimate of drug-likeness (QED) is 0.638. The first-order valence-electron chi connectivity index (χ1n) is 10.3. The molecule has 0 spiro atoms. The molecule has 3 aromatic rings. The molecule has 0 bridgehead atoms. The van der Waals surface area contributed by atoms with E-state index in [2.05, 4.69) is 27.9 Å². The number of ether oxygens (including phenoxy) is 1. The van der Waals surface area contributed by atoms with E-state index in [1.807, 2.05) is 13.0 Å². The molecule has 0 fully saturated rings. The lowest BCUT2D eigenvalue weighted by atomic mass is 10.00. The van der Waals surface area contributed by atoms with Crippen LogP contribution in [0.3, 0.4) is 0 Å². The molecule has 0 unspecified atom stereocenters. The van der Waals surface area contributed by atoms with Gasteiger partial charge in [-0.25, -0.2) is 4.98 Å². The molecule has 5 nitrogen and oxygen atoms in total. The Morgan fingerprint density at radius 1 is 1.09 bits per heavy atom. The number of rotatable bonds is 4. The van der Waals surface area contributed by atoms with Crippen LogP contribution in [0.25, 0.3) is 11.4 Å². The number of nitrogens with zero attached hydrogens (tertiary/aromatic N) is 2. The molecule has 4 rings (SSSR count). The minimum Gasteiger partial charge on any atom is -0.496 e. The van der Waals surface area contributed by atoms with Crippen LogP contribution in [0.4, 0.5) is 13.2 Å². The monoisotopic (exact) mass is 443 g/mol. The number of aromatic amines is 1. The average molecular weight is 443 g/mol. The second kappa shape index (κ2) is 8.43. The summed E-state index contributed by atoms with van der Waals surface area (Å²) >= 11 is 0. The van der Waals surface area contributed by atoms with E-state index in [0.717, 1.165) is 30.0 Å². The Balaban J connectivity index is 1.59. The molecule has 0 saturated carbocycles. The number of H-pyrrole nitrogens is 1. The van der Waals surface area contributed by atoms with Crippen molar-refractivity contribution in [2.75, 3.05) is 13.7 Å². The topological polar surface area (TPSA) is 58.2 Å². The van der Waals surface area contributed by atoms with E-state index >= 15 is 0 Å². The van der Waals surface area contributed by atoms with Crippen LogP contribution in [-0.2, 0) is 25.7 Å². The predicted molar refractivity (Wildman–Crippen MR) is 116 cm³/mol. The van der Waals surface area contributed by atoms with Crippen LogP contribution in [0.1, 0.15) is 33.5 Å².